The molecule has 0 spiro atoms. The summed E-state index contributed by atoms with van der Waals surface area (Å²) in [6, 6.07) is 2.46. The lowest BCUT2D eigenvalue weighted by atomic mass is 10.6. The monoisotopic (exact) mass is 214 g/mol. The summed E-state index contributed by atoms with van der Waals surface area (Å²) in [4.78, 5) is 0. The highest BCUT2D eigenvalue weighted by molar-refractivity contribution is 7.33. The lowest BCUT2D eigenvalue weighted by molar-refractivity contribution is 1.04. The van der Waals surface area contributed by atoms with Gasteiger partial charge in [0.1, 0.15) is 0 Å². The van der Waals surface area contributed by atoms with Gasteiger partial charge in [0.05, 0.1) is 0 Å². The molecule has 0 aliphatic carbocycles. The summed E-state index contributed by atoms with van der Waals surface area (Å²) in [6.45, 7) is 7.14. The second-order valence-corrected chi connectivity index (χ2v) is 14.7. The Kier molecular flexibility index (Phi) is 5.29. The van der Waals surface area contributed by atoms with Crippen molar-refractivity contribution in [3.05, 3.63) is 0 Å². The fourth-order valence-electron chi connectivity index (χ4n) is 0.787. The molecule has 0 bridgehead atoms. The summed E-state index contributed by atoms with van der Waals surface area (Å²) < 4.78 is 0. The van der Waals surface area contributed by atoms with Gasteiger partial charge in [-0.1, -0.05) is 32.1 Å². The summed E-state index contributed by atoms with van der Waals surface area (Å²) >= 11 is 11.5. The predicted octanol–water partition coefficient (Wildman–Crippen LogP) is 3.41. The topological polar surface area (TPSA) is 0 Å². The molecule has 0 fully saturated rings. The van der Waals surface area contributed by atoms with Gasteiger partial charge in [-0.2, -0.15) is 22.2 Å². The SMILES string of the molecule is C[Si](C)(C)CCC[SiH](Cl)Cl. The lowest BCUT2D eigenvalue weighted by Gasteiger charge is -2.14. The minimum absolute atomic E-state index is 0.819. The van der Waals surface area contributed by atoms with Crippen LogP contribution in [0.15, 0.2) is 0 Å². The van der Waals surface area contributed by atoms with Gasteiger partial charge >= 0.3 is 0 Å². The highest BCUT2D eigenvalue weighted by Gasteiger charge is 2.13. The summed E-state index contributed by atoms with van der Waals surface area (Å²) in [7, 11) is -2.11. The summed E-state index contributed by atoms with van der Waals surface area (Å²) in [5.41, 5.74) is 0. The van der Waals surface area contributed by atoms with Crippen LogP contribution in [-0.4, -0.2) is 15.5 Å². The summed E-state index contributed by atoms with van der Waals surface area (Å²) in [5, 5.41) is 0. The van der Waals surface area contributed by atoms with Crippen molar-refractivity contribution in [1.29, 1.82) is 0 Å². The van der Waals surface area contributed by atoms with Crippen molar-refractivity contribution in [2.75, 3.05) is 0 Å². The minimum atomic E-state index is -1.29. The molecule has 0 aliphatic rings. The number of hydrogen-bond donors (Lipinski definition) is 0. The Morgan fingerprint density at radius 2 is 1.70 bits per heavy atom. The third-order valence-electron chi connectivity index (χ3n) is 1.35. The van der Waals surface area contributed by atoms with Gasteiger partial charge in [-0.3, -0.25) is 0 Å². The van der Waals surface area contributed by atoms with E-state index < -0.39 is 15.5 Å². The van der Waals surface area contributed by atoms with Crippen LogP contribution in [0, 0.1) is 0 Å². The standard InChI is InChI=1S/C6H16Cl2Si2/c1-10(2,3)6-4-5-9(7)8/h9H,4-6H2,1-3H3. The number of rotatable bonds is 4. The molecule has 0 aromatic rings. The fraction of sp³-hybridized carbons (Fsp3) is 1.00. The first kappa shape index (κ1) is 11.0. The smallest absolute Gasteiger partial charge is 0.150 e. The van der Waals surface area contributed by atoms with Gasteiger partial charge < -0.3 is 0 Å². The van der Waals surface area contributed by atoms with Gasteiger partial charge in [0.25, 0.3) is 0 Å². The van der Waals surface area contributed by atoms with Gasteiger partial charge in [-0.05, 0) is 6.04 Å². The van der Waals surface area contributed by atoms with Crippen LogP contribution in [0.25, 0.3) is 0 Å². The Morgan fingerprint density at radius 1 is 1.20 bits per heavy atom. The third kappa shape index (κ3) is 9.01. The average molecular weight is 215 g/mol. The van der Waals surface area contributed by atoms with E-state index in [0.29, 0.717) is 0 Å². The van der Waals surface area contributed by atoms with E-state index in [1.807, 2.05) is 0 Å². The van der Waals surface area contributed by atoms with E-state index in [4.69, 9.17) is 22.2 Å². The molecule has 0 rings (SSSR count). The maximum atomic E-state index is 5.73. The maximum absolute atomic E-state index is 5.73. The molecule has 0 N–H and O–H groups in total. The second kappa shape index (κ2) is 4.80. The molecule has 0 radical (unpaired) electrons. The lowest BCUT2D eigenvalue weighted by Crippen LogP contribution is -2.18. The van der Waals surface area contributed by atoms with Gasteiger partial charge in [0, 0.05) is 8.07 Å². The van der Waals surface area contributed by atoms with Gasteiger partial charge in [-0.15, -0.1) is 0 Å². The fourth-order valence-corrected chi connectivity index (χ4v) is 3.90. The number of halogens is 2. The van der Waals surface area contributed by atoms with Crippen LogP contribution in [0.1, 0.15) is 6.42 Å². The zero-order chi connectivity index (χ0) is 8.20. The van der Waals surface area contributed by atoms with Crippen LogP contribution in [0.5, 0.6) is 0 Å². The highest BCUT2D eigenvalue weighted by atomic mass is 35.7. The molecule has 0 aromatic heterocycles. The molecule has 0 aromatic carbocycles. The minimum Gasteiger partial charge on any atom is -0.150 e. The summed E-state index contributed by atoms with van der Waals surface area (Å²) in [6.07, 6.45) is 1.25. The molecule has 0 atom stereocenters. The molecule has 62 valence electrons. The zero-order valence-electron chi connectivity index (χ0n) is 6.95. The molecule has 4 heteroatoms. The summed E-state index contributed by atoms with van der Waals surface area (Å²) in [5.74, 6) is 0. The zero-order valence-corrected chi connectivity index (χ0v) is 10.6. The van der Waals surface area contributed by atoms with Crippen LogP contribution in [0.4, 0.5) is 0 Å². The molecule has 0 unspecified atom stereocenters. The quantitative estimate of drug-likeness (QED) is 0.498. The van der Waals surface area contributed by atoms with Crippen LogP contribution in [0.3, 0.4) is 0 Å². The van der Waals surface area contributed by atoms with Gasteiger partial charge in [-0.25, -0.2) is 0 Å². The van der Waals surface area contributed by atoms with Crippen molar-refractivity contribution in [3.63, 3.8) is 0 Å². The Labute approximate surface area is 75.9 Å². The first-order valence-electron chi connectivity index (χ1n) is 3.70. The number of hydrogen-bond acceptors (Lipinski definition) is 0. The molecule has 0 amide bonds. The largest absolute Gasteiger partial charge is 0.237 e. The Morgan fingerprint density at radius 3 is 2.00 bits per heavy atom. The van der Waals surface area contributed by atoms with Crippen molar-refractivity contribution < 1.29 is 0 Å². The van der Waals surface area contributed by atoms with Crippen molar-refractivity contribution in [1.82, 2.24) is 0 Å². The maximum Gasteiger partial charge on any atom is 0.237 e. The first-order valence-corrected chi connectivity index (χ1v) is 11.7. The Balaban J connectivity index is 3.21. The highest BCUT2D eigenvalue weighted by Crippen LogP contribution is 2.16. The molecule has 0 saturated heterocycles. The molecular weight excluding hydrogens is 199 g/mol. The Bertz CT molecular complexity index is 88.2. The van der Waals surface area contributed by atoms with Crippen LogP contribution in [0.2, 0.25) is 31.7 Å². The van der Waals surface area contributed by atoms with Crippen LogP contribution in [-0.2, 0) is 0 Å². The van der Waals surface area contributed by atoms with E-state index in [1.165, 1.54) is 12.5 Å². The van der Waals surface area contributed by atoms with E-state index in [2.05, 4.69) is 19.6 Å². The first-order chi connectivity index (χ1) is 4.42. The van der Waals surface area contributed by atoms with E-state index in [9.17, 15) is 0 Å². The van der Waals surface area contributed by atoms with E-state index in [0.717, 1.165) is 6.04 Å². The predicted molar refractivity (Wildman–Crippen MR) is 56.4 cm³/mol. The normalized spacial score (nSPS) is 12.6. The van der Waals surface area contributed by atoms with Crippen molar-refractivity contribution in [3.8, 4) is 0 Å². The molecule has 0 heterocycles. The van der Waals surface area contributed by atoms with E-state index in [1.54, 1.807) is 0 Å². The van der Waals surface area contributed by atoms with Crippen molar-refractivity contribution in [2.24, 2.45) is 0 Å². The van der Waals surface area contributed by atoms with E-state index in [-0.39, 0.29) is 0 Å². The molecule has 0 saturated carbocycles. The second-order valence-electron chi connectivity index (χ2n) is 3.84. The van der Waals surface area contributed by atoms with Crippen LogP contribution < -0.4 is 0 Å². The van der Waals surface area contributed by atoms with Gasteiger partial charge in [0.2, 0.25) is 7.42 Å². The molecule has 0 aliphatic heterocycles. The molecule has 0 nitrogen and oxygen atoms in total. The average Bonchev–Trinajstić information content (AvgIpc) is 1.59. The van der Waals surface area contributed by atoms with E-state index >= 15 is 0 Å². The van der Waals surface area contributed by atoms with Crippen molar-refractivity contribution in [2.45, 2.75) is 38.2 Å². The third-order valence-corrected chi connectivity index (χ3v) is 5.36. The van der Waals surface area contributed by atoms with Gasteiger partial charge in [0.15, 0.2) is 0 Å². The molecular formula is C6H16Cl2Si2. The van der Waals surface area contributed by atoms with Crippen molar-refractivity contribution >= 4 is 37.6 Å². The molecule has 10 heavy (non-hydrogen) atoms. The Hall–Kier alpha value is 1.01. The van der Waals surface area contributed by atoms with Crippen LogP contribution >= 0.6 is 22.2 Å².